The molecular formula is C7H12BrNO. The average molecular weight is 206 g/mol. The highest BCUT2D eigenvalue weighted by atomic mass is 79.9. The first kappa shape index (κ1) is 9.69. The minimum Gasteiger partial charge on any atom is -0.341 e. The number of likely N-dealkylation sites (N-methyl/N-ethyl adjacent to an activating group) is 1. The molecular weight excluding hydrogens is 194 g/mol. The molecule has 0 spiro atoms. The number of alkyl halides is 1. The number of amides is 1. The molecule has 1 unspecified atom stereocenters. The minimum absolute atomic E-state index is 0.0832. The summed E-state index contributed by atoms with van der Waals surface area (Å²) in [5, 5.41) is 0. The van der Waals surface area contributed by atoms with E-state index in [0.29, 0.717) is 6.54 Å². The Morgan fingerprint density at radius 1 is 1.90 bits per heavy atom. The molecule has 0 aromatic heterocycles. The summed E-state index contributed by atoms with van der Waals surface area (Å²) in [6, 6.07) is 0. The van der Waals surface area contributed by atoms with E-state index >= 15 is 0 Å². The van der Waals surface area contributed by atoms with Crippen LogP contribution in [0.5, 0.6) is 0 Å². The van der Waals surface area contributed by atoms with Crippen molar-refractivity contribution in [3.05, 3.63) is 12.7 Å². The average Bonchev–Trinajstić information content (AvgIpc) is 1.87. The molecule has 58 valence electrons. The summed E-state index contributed by atoms with van der Waals surface area (Å²) in [5.41, 5.74) is 0. The number of hydrogen-bond acceptors (Lipinski definition) is 1. The molecule has 0 radical (unpaired) electrons. The largest absolute Gasteiger partial charge is 0.341 e. The SMILES string of the molecule is C=CCN(C)C(=O)C(C)Br. The van der Waals surface area contributed by atoms with Crippen molar-refractivity contribution in [1.29, 1.82) is 0 Å². The predicted octanol–water partition coefficient (Wildman–Crippen LogP) is 1.41. The minimum atomic E-state index is -0.0996. The number of carbonyl (C=O) groups excluding carboxylic acids is 1. The Labute approximate surface area is 70.0 Å². The fourth-order valence-corrected chi connectivity index (χ4v) is 0.937. The molecule has 0 bridgehead atoms. The van der Waals surface area contributed by atoms with Gasteiger partial charge in [-0.2, -0.15) is 0 Å². The van der Waals surface area contributed by atoms with Crippen molar-refractivity contribution in [3.63, 3.8) is 0 Å². The fourth-order valence-electron chi connectivity index (χ4n) is 0.587. The number of nitrogens with zero attached hydrogens (tertiary/aromatic N) is 1. The van der Waals surface area contributed by atoms with E-state index in [1.165, 1.54) is 0 Å². The number of hydrogen-bond donors (Lipinski definition) is 0. The second-order valence-electron chi connectivity index (χ2n) is 2.12. The lowest BCUT2D eigenvalue weighted by molar-refractivity contribution is -0.128. The maximum absolute atomic E-state index is 11.1. The second-order valence-corrected chi connectivity index (χ2v) is 3.50. The summed E-state index contributed by atoms with van der Waals surface area (Å²) in [4.78, 5) is 12.6. The third-order valence-corrected chi connectivity index (χ3v) is 1.51. The molecule has 1 amide bonds. The van der Waals surface area contributed by atoms with Crippen LogP contribution in [-0.2, 0) is 4.79 Å². The first-order valence-corrected chi connectivity index (χ1v) is 4.01. The Kier molecular flexibility index (Phi) is 4.36. The van der Waals surface area contributed by atoms with Gasteiger partial charge >= 0.3 is 0 Å². The monoisotopic (exact) mass is 205 g/mol. The first-order chi connectivity index (χ1) is 4.59. The summed E-state index contributed by atoms with van der Waals surface area (Å²) in [5.74, 6) is 0.0832. The van der Waals surface area contributed by atoms with Gasteiger partial charge in [0.15, 0.2) is 0 Å². The molecule has 0 saturated heterocycles. The molecule has 2 nitrogen and oxygen atoms in total. The van der Waals surface area contributed by atoms with E-state index in [1.54, 1.807) is 18.0 Å². The smallest absolute Gasteiger partial charge is 0.236 e. The Morgan fingerprint density at radius 3 is 2.70 bits per heavy atom. The lowest BCUT2D eigenvalue weighted by Gasteiger charge is -2.15. The highest BCUT2D eigenvalue weighted by Gasteiger charge is 2.11. The van der Waals surface area contributed by atoms with Crippen molar-refractivity contribution in [2.45, 2.75) is 11.8 Å². The first-order valence-electron chi connectivity index (χ1n) is 3.09. The zero-order valence-electron chi connectivity index (χ0n) is 6.30. The van der Waals surface area contributed by atoms with Crippen LogP contribution in [0.2, 0.25) is 0 Å². The molecule has 0 rings (SSSR count). The van der Waals surface area contributed by atoms with Crippen LogP contribution in [0, 0.1) is 0 Å². The zero-order valence-corrected chi connectivity index (χ0v) is 7.89. The zero-order chi connectivity index (χ0) is 8.15. The molecule has 0 aromatic rings. The van der Waals surface area contributed by atoms with Crippen LogP contribution < -0.4 is 0 Å². The molecule has 0 aliphatic carbocycles. The molecule has 0 saturated carbocycles. The van der Waals surface area contributed by atoms with Gasteiger partial charge in [-0.15, -0.1) is 6.58 Å². The van der Waals surface area contributed by atoms with Crippen LogP contribution in [0.25, 0.3) is 0 Å². The highest BCUT2D eigenvalue weighted by molar-refractivity contribution is 9.10. The van der Waals surface area contributed by atoms with Gasteiger partial charge in [0, 0.05) is 13.6 Å². The molecule has 0 aliphatic rings. The van der Waals surface area contributed by atoms with Gasteiger partial charge in [0.25, 0.3) is 0 Å². The molecule has 0 aromatic carbocycles. The van der Waals surface area contributed by atoms with E-state index in [4.69, 9.17) is 0 Å². The van der Waals surface area contributed by atoms with E-state index in [0.717, 1.165) is 0 Å². The van der Waals surface area contributed by atoms with Crippen LogP contribution in [0.3, 0.4) is 0 Å². The Morgan fingerprint density at radius 2 is 2.40 bits per heavy atom. The Hall–Kier alpha value is -0.310. The lowest BCUT2D eigenvalue weighted by Crippen LogP contribution is -2.31. The van der Waals surface area contributed by atoms with Gasteiger partial charge in [0.2, 0.25) is 5.91 Å². The van der Waals surface area contributed by atoms with Crippen molar-refractivity contribution >= 4 is 21.8 Å². The molecule has 0 heterocycles. The maximum atomic E-state index is 11.1. The molecule has 10 heavy (non-hydrogen) atoms. The Bertz CT molecular complexity index is 134. The van der Waals surface area contributed by atoms with E-state index in [1.807, 2.05) is 6.92 Å². The van der Waals surface area contributed by atoms with Crippen molar-refractivity contribution < 1.29 is 4.79 Å². The second kappa shape index (κ2) is 4.50. The molecule has 0 N–H and O–H groups in total. The van der Waals surface area contributed by atoms with Gasteiger partial charge in [-0.05, 0) is 6.92 Å². The van der Waals surface area contributed by atoms with Crippen molar-refractivity contribution in [3.8, 4) is 0 Å². The molecule has 0 fully saturated rings. The molecule has 1 atom stereocenters. The van der Waals surface area contributed by atoms with Crippen LogP contribution in [0.15, 0.2) is 12.7 Å². The van der Waals surface area contributed by atoms with Crippen molar-refractivity contribution in [2.75, 3.05) is 13.6 Å². The quantitative estimate of drug-likeness (QED) is 0.505. The van der Waals surface area contributed by atoms with Crippen molar-refractivity contribution in [1.82, 2.24) is 4.90 Å². The van der Waals surface area contributed by atoms with Gasteiger partial charge in [-0.3, -0.25) is 4.79 Å². The fraction of sp³-hybridized carbons (Fsp3) is 0.571. The standard InChI is InChI=1S/C7H12BrNO/c1-4-5-9(3)7(10)6(2)8/h4,6H,1,5H2,2-3H3. The van der Waals surface area contributed by atoms with Crippen molar-refractivity contribution in [2.24, 2.45) is 0 Å². The summed E-state index contributed by atoms with van der Waals surface area (Å²) in [6.45, 7) is 5.95. The molecule has 0 aliphatic heterocycles. The lowest BCUT2D eigenvalue weighted by atomic mass is 10.4. The topological polar surface area (TPSA) is 20.3 Å². The van der Waals surface area contributed by atoms with E-state index in [9.17, 15) is 4.79 Å². The Balaban J connectivity index is 3.81. The van der Waals surface area contributed by atoms with Crippen LogP contribution in [0.1, 0.15) is 6.92 Å². The number of carbonyl (C=O) groups is 1. The summed E-state index contributed by atoms with van der Waals surface area (Å²) in [6.07, 6.45) is 1.70. The third kappa shape index (κ3) is 3.01. The van der Waals surface area contributed by atoms with E-state index < -0.39 is 0 Å². The van der Waals surface area contributed by atoms with Gasteiger partial charge in [0.05, 0.1) is 4.83 Å². The normalized spacial score (nSPS) is 12.3. The molecule has 3 heteroatoms. The summed E-state index contributed by atoms with van der Waals surface area (Å²) >= 11 is 3.18. The van der Waals surface area contributed by atoms with Crippen LogP contribution in [0.4, 0.5) is 0 Å². The highest BCUT2D eigenvalue weighted by Crippen LogP contribution is 2.01. The van der Waals surface area contributed by atoms with Crippen LogP contribution in [-0.4, -0.2) is 29.2 Å². The number of rotatable bonds is 3. The summed E-state index contributed by atoms with van der Waals surface area (Å²) < 4.78 is 0. The predicted molar refractivity (Wildman–Crippen MR) is 46.2 cm³/mol. The third-order valence-electron chi connectivity index (χ3n) is 1.12. The van der Waals surface area contributed by atoms with E-state index in [2.05, 4.69) is 22.5 Å². The van der Waals surface area contributed by atoms with E-state index in [-0.39, 0.29) is 10.7 Å². The van der Waals surface area contributed by atoms with Gasteiger partial charge in [-0.25, -0.2) is 0 Å². The maximum Gasteiger partial charge on any atom is 0.236 e. The number of halogens is 1. The van der Waals surface area contributed by atoms with Gasteiger partial charge < -0.3 is 4.90 Å². The van der Waals surface area contributed by atoms with Crippen LogP contribution >= 0.6 is 15.9 Å². The summed E-state index contributed by atoms with van der Waals surface area (Å²) in [7, 11) is 1.75. The van der Waals surface area contributed by atoms with Gasteiger partial charge in [-0.1, -0.05) is 22.0 Å². The van der Waals surface area contributed by atoms with Gasteiger partial charge in [0.1, 0.15) is 0 Å².